The molecule has 0 aromatic carbocycles. The number of amides is 2. The second kappa shape index (κ2) is 10.4. The smallest absolute Gasteiger partial charge is 0.239 e. The predicted molar refractivity (Wildman–Crippen MR) is 71.0 cm³/mol. The van der Waals surface area contributed by atoms with E-state index in [0.29, 0.717) is 5.92 Å². The zero-order valence-corrected chi connectivity index (χ0v) is 11.6. The Labute approximate surface area is 109 Å². The number of carbonyl (C=O) groups is 2. The molecule has 0 radical (unpaired) electrons. The standard InChI is InChI=1S/C11H23N3O2.ClH/c1-4-8(2)5-9(3)14-11(16)7-13-10(15)6-12;/h8-9H,4-7,12H2,1-3H3,(H,13,15)(H,14,16);1H. The average molecular weight is 266 g/mol. The number of nitrogens with two attached hydrogens (primary N) is 1. The maximum absolute atomic E-state index is 11.4. The fourth-order valence-electron chi connectivity index (χ4n) is 1.41. The van der Waals surface area contributed by atoms with Crippen molar-refractivity contribution in [2.24, 2.45) is 11.7 Å². The summed E-state index contributed by atoms with van der Waals surface area (Å²) in [5.74, 6) is 0.108. The summed E-state index contributed by atoms with van der Waals surface area (Å²) in [6.07, 6.45) is 2.05. The molecule has 4 N–H and O–H groups in total. The third-order valence-electron chi connectivity index (χ3n) is 2.49. The Morgan fingerprint density at radius 1 is 1.24 bits per heavy atom. The van der Waals surface area contributed by atoms with Gasteiger partial charge in [0.05, 0.1) is 13.1 Å². The van der Waals surface area contributed by atoms with Crippen LogP contribution >= 0.6 is 12.4 Å². The van der Waals surface area contributed by atoms with Crippen LogP contribution in [0.1, 0.15) is 33.6 Å². The van der Waals surface area contributed by atoms with Crippen molar-refractivity contribution < 1.29 is 9.59 Å². The number of halogens is 1. The van der Waals surface area contributed by atoms with Crippen molar-refractivity contribution in [2.45, 2.75) is 39.7 Å². The van der Waals surface area contributed by atoms with E-state index in [1.54, 1.807) is 0 Å². The molecule has 0 heterocycles. The van der Waals surface area contributed by atoms with Gasteiger partial charge in [0.1, 0.15) is 0 Å². The summed E-state index contributed by atoms with van der Waals surface area (Å²) in [4.78, 5) is 22.2. The van der Waals surface area contributed by atoms with Gasteiger partial charge in [-0.2, -0.15) is 0 Å². The van der Waals surface area contributed by atoms with Crippen molar-refractivity contribution in [1.82, 2.24) is 10.6 Å². The Balaban J connectivity index is 0. The molecule has 0 aromatic heterocycles. The first-order valence-electron chi connectivity index (χ1n) is 5.75. The van der Waals surface area contributed by atoms with Crippen molar-refractivity contribution in [2.75, 3.05) is 13.1 Å². The molecule has 5 nitrogen and oxygen atoms in total. The second-order valence-electron chi connectivity index (χ2n) is 4.20. The van der Waals surface area contributed by atoms with Crippen molar-refractivity contribution in [3.05, 3.63) is 0 Å². The molecular weight excluding hydrogens is 242 g/mol. The molecule has 6 heteroatoms. The molecule has 0 bridgehead atoms. The van der Waals surface area contributed by atoms with Crippen molar-refractivity contribution in [1.29, 1.82) is 0 Å². The number of nitrogens with one attached hydrogen (secondary N) is 2. The molecule has 102 valence electrons. The van der Waals surface area contributed by atoms with Crippen LogP contribution in [0.3, 0.4) is 0 Å². The lowest BCUT2D eigenvalue weighted by atomic mass is 10.0. The lowest BCUT2D eigenvalue weighted by molar-refractivity contribution is -0.125. The molecule has 0 fully saturated rings. The van der Waals surface area contributed by atoms with Crippen molar-refractivity contribution >= 4 is 24.2 Å². The van der Waals surface area contributed by atoms with Crippen molar-refractivity contribution in [3.8, 4) is 0 Å². The van der Waals surface area contributed by atoms with Gasteiger partial charge in [-0.15, -0.1) is 12.4 Å². The zero-order valence-electron chi connectivity index (χ0n) is 10.8. The Hall–Kier alpha value is -0.810. The Kier molecular flexibility index (Phi) is 11.3. The normalized spacial score (nSPS) is 13.2. The summed E-state index contributed by atoms with van der Waals surface area (Å²) in [6, 6.07) is 0.136. The molecule has 17 heavy (non-hydrogen) atoms. The second-order valence-corrected chi connectivity index (χ2v) is 4.20. The fourth-order valence-corrected chi connectivity index (χ4v) is 1.41. The van der Waals surface area contributed by atoms with E-state index in [4.69, 9.17) is 5.73 Å². The first-order valence-corrected chi connectivity index (χ1v) is 5.75. The highest BCUT2D eigenvalue weighted by atomic mass is 35.5. The molecule has 2 atom stereocenters. The maximum atomic E-state index is 11.4. The van der Waals surface area contributed by atoms with E-state index in [1.165, 1.54) is 0 Å². The minimum absolute atomic E-state index is 0. The van der Waals surface area contributed by atoms with Crippen LogP contribution in [0.15, 0.2) is 0 Å². The Bertz CT molecular complexity index is 237. The molecule has 0 aliphatic carbocycles. The summed E-state index contributed by atoms with van der Waals surface area (Å²) >= 11 is 0. The third kappa shape index (κ3) is 10.1. The van der Waals surface area contributed by atoms with Crippen molar-refractivity contribution in [3.63, 3.8) is 0 Å². The predicted octanol–water partition coefficient (Wildman–Crippen LogP) is 0.424. The van der Waals surface area contributed by atoms with Crippen LogP contribution in [0.2, 0.25) is 0 Å². The third-order valence-corrected chi connectivity index (χ3v) is 2.49. The lowest BCUT2D eigenvalue weighted by Gasteiger charge is -2.17. The van der Waals surface area contributed by atoms with E-state index in [9.17, 15) is 9.59 Å². The van der Waals surface area contributed by atoms with Gasteiger partial charge in [0, 0.05) is 6.04 Å². The highest BCUT2D eigenvalue weighted by Gasteiger charge is 2.10. The highest BCUT2D eigenvalue weighted by Crippen LogP contribution is 2.08. The van der Waals surface area contributed by atoms with Gasteiger partial charge in [0.15, 0.2) is 0 Å². The Morgan fingerprint density at radius 2 is 1.82 bits per heavy atom. The van der Waals surface area contributed by atoms with Gasteiger partial charge < -0.3 is 16.4 Å². The minimum atomic E-state index is -0.315. The molecule has 0 aromatic rings. The summed E-state index contributed by atoms with van der Waals surface area (Å²) in [7, 11) is 0. The van der Waals surface area contributed by atoms with E-state index in [1.807, 2.05) is 6.92 Å². The lowest BCUT2D eigenvalue weighted by Crippen LogP contribution is -2.42. The molecular formula is C11H24ClN3O2. The van der Waals surface area contributed by atoms with Crippen LogP contribution < -0.4 is 16.4 Å². The molecule has 0 saturated heterocycles. The van der Waals surface area contributed by atoms with Gasteiger partial charge in [-0.3, -0.25) is 9.59 Å². The van der Waals surface area contributed by atoms with E-state index < -0.39 is 0 Å². The molecule has 2 unspecified atom stereocenters. The minimum Gasteiger partial charge on any atom is -0.352 e. The molecule has 0 spiro atoms. The number of carbonyl (C=O) groups excluding carboxylic acids is 2. The number of rotatable bonds is 7. The van der Waals surface area contributed by atoms with Crippen LogP contribution in [0.25, 0.3) is 0 Å². The monoisotopic (exact) mass is 265 g/mol. The van der Waals surface area contributed by atoms with E-state index in [0.717, 1.165) is 12.8 Å². The highest BCUT2D eigenvalue weighted by molar-refractivity contribution is 5.85. The average Bonchev–Trinajstić information content (AvgIpc) is 2.25. The van der Waals surface area contributed by atoms with E-state index in [-0.39, 0.29) is 43.4 Å². The summed E-state index contributed by atoms with van der Waals surface area (Å²) in [5, 5.41) is 5.26. The summed E-state index contributed by atoms with van der Waals surface area (Å²) in [5.41, 5.74) is 5.10. The number of hydrogen-bond donors (Lipinski definition) is 3. The van der Waals surface area contributed by atoms with Gasteiger partial charge in [-0.25, -0.2) is 0 Å². The van der Waals surface area contributed by atoms with E-state index in [2.05, 4.69) is 24.5 Å². The van der Waals surface area contributed by atoms with Crippen LogP contribution in [-0.2, 0) is 9.59 Å². The van der Waals surface area contributed by atoms with Crippen LogP contribution in [0.5, 0.6) is 0 Å². The molecule has 0 saturated carbocycles. The fraction of sp³-hybridized carbons (Fsp3) is 0.818. The molecule has 0 aliphatic heterocycles. The maximum Gasteiger partial charge on any atom is 0.239 e. The first kappa shape index (κ1) is 18.6. The topological polar surface area (TPSA) is 84.2 Å². The van der Waals surface area contributed by atoms with Gasteiger partial charge in [0.25, 0.3) is 0 Å². The van der Waals surface area contributed by atoms with E-state index >= 15 is 0 Å². The van der Waals surface area contributed by atoms with Crippen LogP contribution in [0.4, 0.5) is 0 Å². The van der Waals surface area contributed by atoms with Gasteiger partial charge >= 0.3 is 0 Å². The van der Waals surface area contributed by atoms with Crippen LogP contribution in [0, 0.1) is 5.92 Å². The number of hydrogen-bond acceptors (Lipinski definition) is 3. The first-order chi connectivity index (χ1) is 7.49. The molecule has 2 amide bonds. The quantitative estimate of drug-likeness (QED) is 0.624. The zero-order chi connectivity index (χ0) is 12.6. The SMILES string of the molecule is CCC(C)CC(C)NC(=O)CNC(=O)CN.Cl. The molecule has 0 aliphatic rings. The molecule has 0 rings (SSSR count). The van der Waals surface area contributed by atoms with Gasteiger partial charge in [-0.05, 0) is 19.3 Å². The summed E-state index contributed by atoms with van der Waals surface area (Å²) in [6.45, 7) is 6.16. The van der Waals surface area contributed by atoms with Gasteiger partial charge in [0.2, 0.25) is 11.8 Å². The Morgan fingerprint density at radius 3 is 2.29 bits per heavy atom. The van der Waals surface area contributed by atoms with Crippen LogP contribution in [-0.4, -0.2) is 30.9 Å². The van der Waals surface area contributed by atoms with Gasteiger partial charge in [-0.1, -0.05) is 20.3 Å². The summed E-state index contributed by atoms with van der Waals surface area (Å²) < 4.78 is 0. The largest absolute Gasteiger partial charge is 0.352 e.